The van der Waals surface area contributed by atoms with Gasteiger partial charge in [-0.15, -0.1) is 0 Å². The Balaban J connectivity index is 1.83. The van der Waals surface area contributed by atoms with Gasteiger partial charge in [0, 0.05) is 19.1 Å². The van der Waals surface area contributed by atoms with Gasteiger partial charge in [-0.1, -0.05) is 0 Å². The number of aromatic nitrogens is 3. The number of hydrogen-bond donors (Lipinski definition) is 1. The summed E-state index contributed by atoms with van der Waals surface area (Å²) in [5.41, 5.74) is 0. The molecule has 0 unspecified atom stereocenters. The van der Waals surface area contributed by atoms with E-state index in [9.17, 15) is 0 Å². The first-order chi connectivity index (χ1) is 7.29. The van der Waals surface area contributed by atoms with Crippen LogP contribution in [0.5, 0.6) is 0 Å². The number of nitrogens with zero attached hydrogens (tertiary/aromatic N) is 2. The average molecular weight is 225 g/mol. The highest BCUT2D eigenvalue weighted by molar-refractivity contribution is 7.71. The molecule has 0 spiro atoms. The molecule has 1 aromatic heterocycles. The summed E-state index contributed by atoms with van der Waals surface area (Å²) in [5, 5.41) is 7.27. The lowest BCUT2D eigenvalue weighted by atomic mass is 9.81. The first-order valence-electron chi connectivity index (χ1n) is 5.49. The number of H-pyrrole nitrogens is 1. The van der Waals surface area contributed by atoms with Crippen LogP contribution >= 0.6 is 12.2 Å². The van der Waals surface area contributed by atoms with Crippen LogP contribution in [0.2, 0.25) is 0 Å². The van der Waals surface area contributed by atoms with Crippen molar-refractivity contribution in [3.63, 3.8) is 0 Å². The van der Waals surface area contributed by atoms with Crippen molar-refractivity contribution in [2.24, 2.45) is 0 Å². The van der Waals surface area contributed by atoms with E-state index in [2.05, 4.69) is 14.8 Å². The molecule has 1 N–H and O–H groups in total. The SMILES string of the molecule is COC1CC(c2n[nH]c(=S)n2C2CC2)C1. The lowest BCUT2D eigenvalue weighted by Gasteiger charge is -2.33. The molecule has 0 bridgehead atoms. The number of methoxy groups -OCH3 is 1. The molecular weight excluding hydrogens is 210 g/mol. The van der Waals surface area contributed by atoms with Gasteiger partial charge in [0.05, 0.1) is 6.10 Å². The monoisotopic (exact) mass is 225 g/mol. The van der Waals surface area contributed by atoms with E-state index < -0.39 is 0 Å². The average Bonchev–Trinajstić information content (AvgIpc) is 2.91. The third-order valence-electron chi connectivity index (χ3n) is 3.44. The molecule has 0 atom stereocenters. The molecule has 4 nitrogen and oxygen atoms in total. The first-order valence-corrected chi connectivity index (χ1v) is 5.90. The van der Waals surface area contributed by atoms with Gasteiger partial charge < -0.3 is 9.30 Å². The van der Waals surface area contributed by atoms with E-state index >= 15 is 0 Å². The van der Waals surface area contributed by atoms with Gasteiger partial charge in [0.25, 0.3) is 0 Å². The summed E-state index contributed by atoms with van der Waals surface area (Å²) in [6, 6.07) is 0.618. The van der Waals surface area contributed by atoms with E-state index in [1.807, 2.05) is 0 Å². The quantitative estimate of drug-likeness (QED) is 0.802. The van der Waals surface area contributed by atoms with Crippen LogP contribution in [0.4, 0.5) is 0 Å². The van der Waals surface area contributed by atoms with Crippen molar-refractivity contribution in [3.05, 3.63) is 10.6 Å². The molecule has 0 aromatic carbocycles. The van der Waals surface area contributed by atoms with Crippen molar-refractivity contribution < 1.29 is 4.74 Å². The number of aromatic amines is 1. The Morgan fingerprint density at radius 1 is 1.47 bits per heavy atom. The van der Waals surface area contributed by atoms with E-state index in [0.29, 0.717) is 18.1 Å². The Bertz CT molecular complexity index is 415. The Morgan fingerprint density at radius 2 is 2.20 bits per heavy atom. The predicted octanol–water partition coefficient (Wildman–Crippen LogP) is 2.17. The van der Waals surface area contributed by atoms with E-state index in [0.717, 1.165) is 23.4 Å². The zero-order valence-corrected chi connectivity index (χ0v) is 9.59. The van der Waals surface area contributed by atoms with Crippen molar-refractivity contribution >= 4 is 12.2 Å². The zero-order chi connectivity index (χ0) is 10.4. The number of hydrogen-bond acceptors (Lipinski definition) is 3. The molecule has 2 saturated carbocycles. The maximum atomic E-state index is 5.29. The summed E-state index contributed by atoms with van der Waals surface area (Å²) in [4.78, 5) is 0. The summed E-state index contributed by atoms with van der Waals surface area (Å²) >= 11 is 5.25. The van der Waals surface area contributed by atoms with Gasteiger partial charge in [0.15, 0.2) is 4.77 Å². The van der Waals surface area contributed by atoms with Crippen molar-refractivity contribution in [1.29, 1.82) is 0 Å². The highest BCUT2D eigenvalue weighted by Crippen LogP contribution is 2.42. The van der Waals surface area contributed by atoms with Crippen LogP contribution in [0.1, 0.15) is 43.5 Å². The highest BCUT2D eigenvalue weighted by atomic mass is 32.1. The minimum atomic E-state index is 0.424. The summed E-state index contributed by atoms with van der Waals surface area (Å²) in [5.74, 6) is 1.69. The molecule has 2 fully saturated rings. The van der Waals surface area contributed by atoms with Crippen LogP contribution < -0.4 is 0 Å². The van der Waals surface area contributed by atoms with Crippen molar-refractivity contribution in [3.8, 4) is 0 Å². The topological polar surface area (TPSA) is 42.8 Å². The minimum Gasteiger partial charge on any atom is -0.381 e. The van der Waals surface area contributed by atoms with Crippen LogP contribution in [0.3, 0.4) is 0 Å². The largest absolute Gasteiger partial charge is 0.381 e. The van der Waals surface area contributed by atoms with E-state index in [1.165, 1.54) is 12.8 Å². The van der Waals surface area contributed by atoms with Crippen molar-refractivity contribution in [1.82, 2.24) is 14.8 Å². The van der Waals surface area contributed by atoms with Crippen molar-refractivity contribution in [2.75, 3.05) is 7.11 Å². The summed E-state index contributed by atoms with van der Waals surface area (Å²) in [6.07, 6.45) is 5.10. The van der Waals surface area contributed by atoms with E-state index in [1.54, 1.807) is 7.11 Å². The molecule has 0 amide bonds. The Morgan fingerprint density at radius 3 is 2.80 bits per heavy atom. The molecule has 1 heterocycles. The molecule has 0 aliphatic heterocycles. The molecule has 82 valence electrons. The Labute approximate surface area is 93.6 Å². The zero-order valence-electron chi connectivity index (χ0n) is 8.77. The Hall–Kier alpha value is -0.680. The normalized spacial score (nSPS) is 30.2. The van der Waals surface area contributed by atoms with Gasteiger partial charge in [0.1, 0.15) is 5.82 Å². The molecule has 1 aromatic rings. The first kappa shape index (κ1) is 9.54. The molecule has 15 heavy (non-hydrogen) atoms. The fourth-order valence-corrected chi connectivity index (χ4v) is 2.55. The van der Waals surface area contributed by atoms with Gasteiger partial charge >= 0.3 is 0 Å². The highest BCUT2D eigenvalue weighted by Gasteiger charge is 2.37. The van der Waals surface area contributed by atoms with Crippen LogP contribution in [-0.4, -0.2) is 28.0 Å². The van der Waals surface area contributed by atoms with Crippen LogP contribution in [0, 0.1) is 4.77 Å². The molecule has 0 saturated heterocycles. The third kappa shape index (κ3) is 1.54. The maximum absolute atomic E-state index is 5.29. The molecule has 5 heteroatoms. The predicted molar refractivity (Wildman–Crippen MR) is 58.5 cm³/mol. The van der Waals surface area contributed by atoms with Gasteiger partial charge in [0.2, 0.25) is 0 Å². The number of nitrogens with one attached hydrogen (secondary N) is 1. The van der Waals surface area contributed by atoms with E-state index in [4.69, 9.17) is 17.0 Å². The summed E-state index contributed by atoms with van der Waals surface area (Å²) in [7, 11) is 1.78. The van der Waals surface area contributed by atoms with Gasteiger partial charge in [-0.05, 0) is 37.9 Å². The smallest absolute Gasteiger partial charge is 0.195 e. The van der Waals surface area contributed by atoms with E-state index in [-0.39, 0.29) is 0 Å². The van der Waals surface area contributed by atoms with Gasteiger partial charge in [-0.2, -0.15) is 5.10 Å². The fourth-order valence-electron chi connectivity index (χ4n) is 2.26. The summed E-state index contributed by atoms with van der Waals surface area (Å²) < 4.78 is 8.29. The fraction of sp³-hybridized carbons (Fsp3) is 0.800. The lowest BCUT2D eigenvalue weighted by molar-refractivity contribution is 0.0227. The molecule has 2 aliphatic carbocycles. The Kier molecular flexibility index (Phi) is 2.17. The van der Waals surface area contributed by atoms with Gasteiger partial charge in [-0.25, -0.2) is 0 Å². The molecule has 3 rings (SSSR count). The van der Waals surface area contributed by atoms with Gasteiger partial charge in [-0.3, -0.25) is 5.10 Å². The molecule has 2 aliphatic rings. The summed E-state index contributed by atoms with van der Waals surface area (Å²) in [6.45, 7) is 0. The van der Waals surface area contributed by atoms with Crippen molar-refractivity contribution in [2.45, 2.75) is 43.7 Å². The molecular formula is C10H15N3OS. The maximum Gasteiger partial charge on any atom is 0.195 e. The standard InChI is InChI=1S/C10H15N3OS/c1-14-8-4-6(5-8)9-11-12-10(15)13(9)7-2-3-7/h6-8H,2-5H2,1H3,(H,12,15). The van der Waals surface area contributed by atoms with Crippen LogP contribution in [-0.2, 0) is 4.74 Å². The van der Waals surface area contributed by atoms with Crippen LogP contribution in [0.15, 0.2) is 0 Å². The number of rotatable bonds is 3. The van der Waals surface area contributed by atoms with Crippen LogP contribution in [0.25, 0.3) is 0 Å². The minimum absolute atomic E-state index is 0.424. The second-order valence-corrected chi connectivity index (χ2v) is 4.90. The molecule has 0 radical (unpaired) electrons. The second-order valence-electron chi connectivity index (χ2n) is 4.51. The second kappa shape index (κ2) is 3.42. The number of ether oxygens (including phenoxy) is 1. The third-order valence-corrected chi connectivity index (χ3v) is 3.73. The lowest BCUT2D eigenvalue weighted by Crippen LogP contribution is -2.30.